The van der Waals surface area contributed by atoms with Crippen molar-refractivity contribution < 1.29 is 14.3 Å². The lowest BCUT2D eigenvalue weighted by molar-refractivity contribution is -0.144. The number of esters is 1. The average molecular weight is 231 g/mol. The van der Waals surface area contributed by atoms with Crippen molar-refractivity contribution in [1.29, 1.82) is 0 Å². The van der Waals surface area contributed by atoms with Gasteiger partial charge in [-0.15, -0.1) is 0 Å². The molecule has 1 atom stereocenters. The van der Waals surface area contributed by atoms with Crippen LogP contribution in [-0.2, 0) is 14.3 Å². The highest BCUT2D eigenvalue weighted by molar-refractivity contribution is 5.75. The Morgan fingerprint density at radius 1 is 1.31 bits per heavy atom. The molecule has 96 valence electrons. The number of carbonyl (C=O) groups excluding carboxylic acids is 1. The summed E-state index contributed by atoms with van der Waals surface area (Å²) in [7, 11) is 1.40. The average Bonchev–Trinajstić information content (AvgIpc) is 2.12. The molecule has 4 heteroatoms. The molecule has 0 aromatic rings. The zero-order valence-electron chi connectivity index (χ0n) is 11.3. The van der Waals surface area contributed by atoms with Gasteiger partial charge in [0.05, 0.1) is 19.4 Å². The summed E-state index contributed by atoms with van der Waals surface area (Å²) < 4.78 is 10.3. The van der Waals surface area contributed by atoms with E-state index in [1.807, 2.05) is 20.8 Å². The van der Waals surface area contributed by atoms with Crippen molar-refractivity contribution in [2.45, 2.75) is 52.7 Å². The Balaban J connectivity index is 4.07. The van der Waals surface area contributed by atoms with Crippen LogP contribution in [0, 0.1) is 5.92 Å². The van der Waals surface area contributed by atoms with E-state index in [2.05, 4.69) is 19.2 Å². The quantitative estimate of drug-likeness (QED) is 0.560. The first kappa shape index (κ1) is 15.4. The Morgan fingerprint density at radius 3 is 2.25 bits per heavy atom. The lowest BCUT2D eigenvalue weighted by Gasteiger charge is -2.23. The Bertz CT molecular complexity index is 209. The second kappa shape index (κ2) is 6.86. The zero-order valence-corrected chi connectivity index (χ0v) is 11.3. The molecule has 0 bridgehead atoms. The van der Waals surface area contributed by atoms with Crippen molar-refractivity contribution in [3.63, 3.8) is 0 Å². The van der Waals surface area contributed by atoms with E-state index in [0.717, 1.165) is 6.42 Å². The van der Waals surface area contributed by atoms with Crippen molar-refractivity contribution in [2.24, 2.45) is 5.92 Å². The zero-order chi connectivity index (χ0) is 12.8. The van der Waals surface area contributed by atoms with E-state index in [0.29, 0.717) is 12.6 Å². The molecular weight excluding hydrogens is 206 g/mol. The van der Waals surface area contributed by atoms with Gasteiger partial charge in [0.15, 0.2) is 0 Å². The number of methoxy groups -OCH3 is 1. The summed E-state index contributed by atoms with van der Waals surface area (Å²) in [6.45, 7) is 10.4. The van der Waals surface area contributed by atoms with Crippen LogP contribution in [0.4, 0.5) is 0 Å². The van der Waals surface area contributed by atoms with Gasteiger partial charge in [0, 0.05) is 0 Å². The highest BCUT2D eigenvalue weighted by Gasteiger charge is 2.20. The first-order valence-electron chi connectivity index (χ1n) is 5.71. The van der Waals surface area contributed by atoms with Crippen LogP contribution in [0.25, 0.3) is 0 Å². The molecule has 0 spiro atoms. The molecule has 16 heavy (non-hydrogen) atoms. The lowest BCUT2D eigenvalue weighted by Crippen LogP contribution is -2.41. The van der Waals surface area contributed by atoms with Crippen LogP contribution in [0.15, 0.2) is 0 Å². The van der Waals surface area contributed by atoms with Gasteiger partial charge < -0.3 is 9.47 Å². The number of nitrogens with one attached hydrogen (secondary N) is 1. The van der Waals surface area contributed by atoms with Crippen molar-refractivity contribution in [1.82, 2.24) is 5.32 Å². The number of hydrogen-bond acceptors (Lipinski definition) is 4. The summed E-state index contributed by atoms with van der Waals surface area (Å²) in [5.74, 6) is 0.206. The largest absolute Gasteiger partial charge is 0.468 e. The predicted octanol–water partition coefficient (Wildman–Crippen LogP) is 1.94. The van der Waals surface area contributed by atoms with Gasteiger partial charge in [-0.1, -0.05) is 13.8 Å². The van der Waals surface area contributed by atoms with Gasteiger partial charge in [0.25, 0.3) is 0 Å². The molecule has 0 aromatic heterocycles. The van der Waals surface area contributed by atoms with Gasteiger partial charge in [0.1, 0.15) is 6.04 Å². The molecule has 0 amide bonds. The maximum Gasteiger partial charge on any atom is 0.322 e. The minimum absolute atomic E-state index is 0.203. The topological polar surface area (TPSA) is 47.6 Å². The molecule has 0 saturated carbocycles. The van der Waals surface area contributed by atoms with E-state index >= 15 is 0 Å². The fourth-order valence-corrected chi connectivity index (χ4v) is 1.24. The van der Waals surface area contributed by atoms with Crippen LogP contribution in [0.2, 0.25) is 0 Å². The van der Waals surface area contributed by atoms with Gasteiger partial charge in [-0.3, -0.25) is 10.1 Å². The van der Waals surface area contributed by atoms with Crippen molar-refractivity contribution in [2.75, 3.05) is 13.8 Å². The number of rotatable bonds is 6. The van der Waals surface area contributed by atoms with Crippen LogP contribution in [0.3, 0.4) is 0 Å². The first-order chi connectivity index (χ1) is 7.26. The highest BCUT2D eigenvalue weighted by Crippen LogP contribution is 2.08. The summed E-state index contributed by atoms with van der Waals surface area (Å²) in [5, 5.41) is 3.06. The van der Waals surface area contributed by atoms with Gasteiger partial charge in [-0.05, 0) is 33.1 Å². The third-order valence-corrected chi connectivity index (χ3v) is 2.03. The van der Waals surface area contributed by atoms with E-state index < -0.39 is 0 Å². The van der Waals surface area contributed by atoms with Crippen molar-refractivity contribution in [3.05, 3.63) is 0 Å². The Kier molecular flexibility index (Phi) is 6.60. The van der Waals surface area contributed by atoms with E-state index in [1.54, 1.807) is 0 Å². The maximum atomic E-state index is 11.5. The minimum atomic E-state index is -0.285. The molecule has 4 nitrogen and oxygen atoms in total. The standard InChI is InChI=1S/C12H25NO3/c1-9(2)7-10(11(14)15-6)13-8-16-12(3,4)5/h9-10,13H,7-8H2,1-6H3/t10-/m1/s1. The summed E-state index contributed by atoms with van der Waals surface area (Å²) in [4.78, 5) is 11.5. The molecule has 0 aromatic carbocycles. The molecule has 0 heterocycles. The van der Waals surface area contributed by atoms with Crippen molar-refractivity contribution >= 4 is 5.97 Å². The number of hydrogen-bond donors (Lipinski definition) is 1. The van der Waals surface area contributed by atoms with Crippen molar-refractivity contribution in [3.8, 4) is 0 Å². The van der Waals surface area contributed by atoms with Gasteiger partial charge in [-0.2, -0.15) is 0 Å². The van der Waals surface area contributed by atoms with E-state index in [-0.39, 0.29) is 17.6 Å². The smallest absolute Gasteiger partial charge is 0.322 e. The molecule has 0 saturated heterocycles. The fraction of sp³-hybridized carbons (Fsp3) is 0.917. The molecule has 0 aliphatic carbocycles. The van der Waals surface area contributed by atoms with Crippen LogP contribution in [0.1, 0.15) is 41.0 Å². The third kappa shape index (κ3) is 7.65. The second-order valence-electron chi connectivity index (χ2n) is 5.31. The van der Waals surface area contributed by atoms with Crippen LogP contribution in [-0.4, -0.2) is 31.5 Å². The first-order valence-corrected chi connectivity index (χ1v) is 5.71. The van der Waals surface area contributed by atoms with Gasteiger partial charge in [0.2, 0.25) is 0 Å². The second-order valence-corrected chi connectivity index (χ2v) is 5.31. The lowest BCUT2D eigenvalue weighted by atomic mass is 10.0. The predicted molar refractivity (Wildman–Crippen MR) is 64.1 cm³/mol. The molecule has 0 unspecified atom stereocenters. The van der Waals surface area contributed by atoms with Crippen LogP contribution in [0.5, 0.6) is 0 Å². The monoisotopic (exact) mass is 231 g/mol. The Labute approximate surface area is 98.7 Å². The molecular formula is C12H25NO3. The Morgan fingerprint density at radius 2 is 1.88 bits per heavy atom. The SMILES string of the molecule is COC(=O)[C@@H](CC(C)C)NCOC(C)(C)C. The summed E-state index contributed by atoms with van der Waals surface area (Å²) >= 11 is 0. The number of ether oxygens (including phenoxy) is 2. The molecule has 0 rings (SSSR count). The van der Waals surface area contributed by atoms with E-state index in [9.17, 15) is 4.79 Å². The van der Waals surface area contributed by atoms with Gasteiger partial charge in [-0.25, -0.2) is 0 Å². The third-order valence-electron chi connectivity index (χ3n) is 2.03. The molecule has 1 N–H and O–H groups in total. The van der Waals surface area contributed by atoms with Gasteiger partial charge >= 0.3 is 5.97 Å². The summed E-state index contributed by atoms with van der Waals surface area (Å²) in [6, 6.07) is -0.285. The van der Waals surface area contributed by atoms with E-state index in [1.165, 1.54) is 7.11 Å². The minimum Gasteiger partial charge on any atom is -0.468 e. The fourth-order valence-electron chi connectivity index (χ4n) is 1.24. The normalized spacial score (nSPS) is 13.9. The van der Waals surface area contributed by atoms with Crippen LogP contribution >= 0.6 is 0 Å². The molecule has 0 aliphatic heterocycles. The summed E-state index contributed by atoms with van der Waals surface area (Å²) in [5.41, 5.74) is -0.203. The highest BCUT2D eigenvalue weighted by atomic mass is 16.5. The van der Waals surface area contributed by atoms with Crippen LogP contribution < -0.4 is 5.32 Å². The molecule has 0 fully saturated rings. The Hall–Kier alpha value is -0.610. The van der Waals surface area contributed by atoms with E-state index in [4.69, 9.17) is 9.47 Å². The summed E-state index contributed by atoms with van der Waals surface area (Å²) in [6.07, 6.45) is 0.750. The molecule has 0 radical (unpaired) electrons. The molecule has 0 aliphatic rings. The number of carbonyl (C=O) groups is 1. The maximum absolute atomic E-state index is 11.5.